The van der Waals surface area contributed by atoms with Crippen molar-refractivity contribution in [2.45, 2.75) is 6.54 Å². The topological polar surface area (TPSA) is 78.3 Å². The van der Waals surface area contributed by atoms with Gasteiger partial charge in [-0.15, -0.1) is 0 Å². The van der Waals surface area contributed by atoms with E-state index in [1.807, 2.05) is 12.1 Å². The van der Waals surface area contributed by atoms with E-state index >= 15 is 0 Å². The lowest BCUT2D eigenvalue weighted by molar-refractivity contribution is -0.119. The Kier molecular flexibility index (Phi) is 3.28. The number of amides is 1. The molecule has 0 aliphatic carbocycles. The van der Waals surface area contributed by atoms with Crippen LogP contribution in [0.5, 0.6) is 5.75 Å². The van der Waals surface area contributed by atoms with E-state index < -0.39 is 5.91 Å². The highest BCUT2D eigenvalue weighted by Crippen LogP contribution is 2.12. The number of rotatable bonds is 4. The quantitative estimate of drug-likeness (QED) is 0.685. The number of primary amides is 1. The molecule has 0 radical (unpaired) electrons. The second-order valence-corrected chi connectivity index (χ2v) is 2.61. The molecular weight excluding hydrogens is 168 g/mol. The molecule has 0 unspecified atom stereocenters. The van der Waals surface area contributed by atoms with Crippen molar-refractivity contribution >= 4 is 5.91 Å². The number of ether oxygens (including phenoxy) is 1. The smallest absolute Gasteiger partial charge is 0.255 e. The van der Waals surface area contributed by atoms with Gasteiger partial charge in [0.05, 0.1) is 0 Å². The Bertz CT molecular complexity index is 299. The zero-order valence-electron chi connectivity index (χ0n) is 7.19. The molecule has 1 amide bonds. The first kappa shape index (κ1) is 9.54. The Labute approximate surface area is 76.5 Å². The summed E-state index contributed by atoms with van der Waals surface area (Å²) in [7, 11) is 0. The van der Waals surface area contributed by atoms with Gasteiger partial charge in [0.2, 0.25) is 0 Å². The molecule has 4 heteroatoms. The third-order valence-corrected chi connectivity index (χ3v) is 1.52. The van der Waals surface area contributed by atoms with Crippen LogP contribution >= 0.6 is 0 Å². The van der Waals surface area contributed by atoms with E-state index in [1.54, 1.807) is 12.1 Å². The fourth-order valence-electron chi connectivity index (χ4n) is 0.917. The van der Waals surface area contributed by atoms with Crippen LogP contribution in [0.2, 0.25) is 0 Å². The van der Waals surface area contributed by atoms with E-state index in [-0.39, 0.29) is 6.61 Å². The second-order valence-electron chi connectivity index (χ2n) is 2.61. The second kappa shape index (κ2) is 4.47. The van der Waals surface area contributed by atoms with Crippen molar-refractivity contribution in [3.05, 3.63) is 29.8 Å². The van der Waals surface area contributed by atoms with Gasteiger partial charge in [-0.3, -0.25) is 4.79 Å². The molecule has 0 saturated carbocycles. The van der Waals surface area contributed by atoms with Gasteiger partial charge >= 0.3 is 0 Å². The van der Waals surface area contributed by atoms with E-state index in [1.165, 1.54) is 0 Å². The third kappa shape index (κ3) is 3.13. The van der Waals surface area contributed by atoms with Gasteiger partial charge in [-0.2, -0.15) is 0 Å². The van der Waals surface area contributed by atoms with Crippen molar-refractivity contribution in [1.29, 1.82) is 0 Å². The van der Waals surface area contributed by atoms with Gasteiger partial charge in [-0.1, -0.05) is 12.1 Å². The molecule has 0 aliphatic rings. The number of nitrogens with two attached hydrogens (primary N) is 2. The van der Waals surface area contributed by atoms with Gasteiger partial charge < -0.3 is 16.2 Å². The summed E-state index contributed by atoms with van der Waals surface area (Å²) in [5.41, 5.74) is 11.3. The monoisotopic (exact) mass is 180 g/mol. The molecule has 0 saturated heterocycles. The van der Waals surface area contributed by atoms with Gasteiger partial charge in [0.1, 0.15) is 5.75 Å². The van der Waals surface area contributed by atoms with E-state index in [2.05, 4.69) is 0 Å². The summed E-state index contributed by atoms with van der Waals surface area (Å²) < 4.78 is 5.08. The Morgan fingerprint density at radius 1 is 1.46 bits per heavy atom. The molecule has 0 atom stereocenters. The lowest BCUT2D eigenvalue weighted by Crippen LogP contribution is -2.20. The minimum atomic E-state index is -0.488. The van der Waals surface area contributed by atoms with Crippen molar-refractivity contribution in [2.75, 3.05) is 6.61 Å². The molecule has 0 aromatic heterocycles. The Balaban J connectivity index is 2.61. The molecule has 0 bridgehead atoms. The van der Waals surface area contributed by atoms with Crippen LogP contribution in [0, 0.1) is 0 Å². The summed E-state index contributed by atoms with van der Waals surface area (Å²) in [5, 5.41) is 0. The zero-order chi connectivity index (χ0) is 9.68. The molecule has 1 rings (SSSR count). The Morgan fingerprint density at radius 2 is 2.23 bits per heavy atom. The molecule has 0 heterocycles. The van der Waals surface area contributed by atoms with Crippen LogP contribution in [0.4, 0.5) is 0 Å². The largest absolute Gasteiger partial charge is 0.484 e. The highest BCUT2D eigenvalue weighted by molar-refractivity contribution is 5.75. The Hall–Kier alpha value is -1.55. The molecule has 0 aliphatic heterocycles. The molecule has 70 valence electrons. The molecular formula is C9H12N2O2. The van der Waals surface area contributed by atoms with Gasteiger partial charge in [-0.25, -0.2) is 0 Å². The van der Waals surface area contributed by atoms with Gasteiger partial charge in [0.15, 0.2) is 6.61 Å². The molecule has 0 spiro atoms. The number of carbonyl (C=O) groups excluding carboxylic acids is 1. The summed E-state index contributed by atoms with van der Waals surface area (Å²) in [5.74, 6) is 0.125. The Morgan fingerprint density at radius 3 is 2.85 bits per heavy atom. The van der Waals surface area contributed by atoms with Crippen LogP contribution in [0.15, 0.2) is 24.3 Å². The average Bonchev–Trinajstić information content (AvgIpc) is 2.15. The van der Waals surface area contributed by atoms with Crippen molar-refractivity contribution < 1.29 is 9.53 Å². The standard InChI is InChI=1S/C9H12N2O2/c10-5-7-2-1-3-8(4-7)13-6-9(11)12/h1-4H,5-6,10H2,(H2,11,12). The van der Waals surface area contributed by atoms with E-state index in [0.29, 0.717) is 12.3 Å². The number of carbonyl (C=O) groups is 1. The van der Waals surface area contributed by atoms with Crippen molar-refractivity contribution in [2.24, 2.45) is 11.5 Å². The highest BCUT2D eigenvalue weighted by Gasteiger charge is 1.97. The SMILES string of the molecule is NCc1cccc(OCC(N)=O)c1. The lowest BCUT2D eigenvalue weighted by Gasteiger charge is -2.04. The minimum Gasteiger partial charge on any atom is -0.484 e. The first-order valence-corrected chi connectivity index (χ1v) is 3.92. The first-order chi connectivity index (χ1) is 6.22. The molecule has 0 fully saturated rings. The third-order valence-electron chi connectivity index (χ3n) is 1.52. The minimum absolute atomic E-state index is 0.103. The van der Waals surface area contributed by atoms with E-state index in [9.17, 15) is 4.79 Å². The van der Waals surface area contributed by atoms with Crippen LogP contribution in [-0.4, -0.2) is 12.5 Å². The lowest BCUT2D eigenvalue weighted by atomic mass is 10.2. The summed E-state index contributed by atoms with van der Waals surface area (Å²) in [6.45, 7) is 0.349. The van der Waals surface area contributed by atoms with Crippen LogP contribution in [0.1, 0.15) is 5.56 Å². The van der Waals surface area contributed by atoms with Crippen LogP contribution in [0.3, 0.4) is 0 Å². The number of hydrogen-bond donors (Lipinski definition) is 2. The van der Waals surface area contributed by atoms with Crippen molar-refractivity contribution in [3.8, 4) is 5.75 Å². The molecule has 4 nitrogen and oxygen atoms in total. The molecule has 1 aromatic rings. The maximum atomic E-state index is 10.4. The van der Waals surface area contributed by atoms with Gasteiger partial charge in [0.25, 0.3) is 5.91 Å². The van der Waals surface area contributed by atoms with Gasteiger partial charge in [0, 0.05) is 6.54 Å². The van der Waals surface area contributed by atoms with E-state index in [4.69, 9.17) is 16.2 Å². The number of benzene rings is 1. The fourth-order valence-corrected chi connectivity index (χ4v) is 0.917. The van der Waals surface area contributed by atoms with Crippen molar-refractivity contribution in [3.63, 3.8) is 0 Å². The zero-order valence-corrected chi connectivity index (χ0v) is 7.19. The van der Waals surface area contributed by atoms with Crippen LogP contribution in [-0.2, 0) is 11.3 Å². The van der Waals surface area contributed by atoms with Crippen LogP contribution < -0.4 is 16.2 Å². The predicted molar refractivity (Wildman–Crippen MR) is 49.0 cm³/mol. The summed E-state index contributed by atoms with van der Waals surface area (Å²) in [4.78, 5) is 10.4. The highest BCUT2D eigenvalue weighted by atomic mass is 16.5. The molecule has 4 N–H and O–H groups in total. The first-order valence-electron chi connectivity index (χ1n) is 3.92. The number of hydrogen-bond acceptors (Lipinski definition) is 3. The van der Waals surface area contributed by atoms with Crippen LogP contribution in [0.25, 0.3) is 0 Å². The predicted octanol–water partition coefficient (Wildman–Crippen LogP) is 0.00940. The summed E-state index contributed by atoms with van der Waals surface area (Å²) in [6, 6.07) is 7.24. The van der Waals surface area contributed by atoms with E-state index in [0.717, 1.165) is 5.56 Å². The fraction of sp³-hybridized carbons (Fsp3) is 0.222. The maximum absolute atomic E-state index is 10.4. The molecule has 1 aromatic carbocycles. The summed E-state index contributed by atoms with van der Waals surface area (Å²) in [6.07, 6.45) is 0. The maximum Gasteiger partial charge on any atom is 0.255 e. The summed E-state index contributed by atoms with van der Waals surface area (Å²) >= 11 is 0. The average molecular weight is 180 g/mol. The van der Waals surface area contributed by atoms with Gasteiger partial charge in [-0.05, 0) is 17.7 Å². The molecule has 13 heavy (non-hydrogen) atoms. The normalized spacial score (nSPS) is 9.62. The van der Waals surface area contributed by atoms with Crippen molar-refractivity contribution in [1.82, 2.24) is 0 Å².